The molecule has 2 aromatic carbocycles. The van der Waals surface area contributed by atoms with Gasteiger partial charge in [0.15, 0.2) is 5.65 Å². The van der Waals surface area contributed by atoms with Gasteiger partial charge in [0.25, 0.3) is 0 Å². The molecule has 0 unspecified atom stereocenters. The molecule has 28 heavy (non-hydrogen) atoms. The van der Waals surface area contributed by atoms with E-state index in [1.165, 1.54) is 16.7 Å². The molecule has 1 atom stereocenters. The van der Waals surface area contributed by atoms with Crippen LogP contribution in [0.1, 0.15) is 48.1 Å². The average Bonchev–Trinajstić information content (AvgIpc) is 3.13. The van der Waals surface area contributed by atoms with Crippen LogP contribution in [0, 0.1) is 11.3 Å². The molecule has 0 fully saturated rings. The summed E-state index contributed by atoms with van der Waals surface area (Å²) in [6, 6.07) is 21.2. The number of nitrogens with zero attached hydrogens (tertiary/aromatic N) is 3. The van der Waals surface area contributed by atoms with E-state index >= 15 is 0 Å². The van der Waals surface area contributed by atoms with Crippen molar-refractivity contribution in [2.75, 3.05) is 5.32 Å². The van der Waals surface area contributed by atoms with E-state index in [1.807, 2.05) is 24.3 Å². The summed E-state index contributed by atoms with van der Waals surface area (Å²) in [5.74, 6) is 1.09. The standard InChI is InChI=1S/C24H22N4/c1-16(17-9-3-2-4-10-17)26-23-19-12-6-5-11-18(19)20(15-25)24-27-21-13-7-8-14-22(21)28(23)24/h2-4,7-10,13-14,16,26H,5-6,11-12H2,1H3/t16-/m1/s1. The molecule has 0 saturated heterocycles. The van der Waals surface area contributed by atoms with E-state index in [0.29, 0.717) is 0 Å². The molecule has 0 aliphatic heterocycles. The van der Waals surface area contributed by atoms with E-state index in [0.717, 1.165) is 53.7 Å². The lowest BCUT2D eigenvalue weighted by Crippen LogP contribution is -2.17. The highest BCUT2D eigenvalue weighted by molar-refractivity contribution is 5.86. The smallest absolute Gasteiger partial charge is 0.157 e. The van der Waals surface area contributed by atoms with Crippen LogP contribution in [-0.2, 0) is 12.8 Å². The Hall–Kier alpha value is -3.32. The molecule has 4 heteroatoms. The highest BCUT2D eigenvalue weighted by Gasteiger charge is 2.25. The molecule has 0 radical (unpaired) electrons. The van der Waals surface area contributed by atoms with E-state index in [2.05, 4.69) is 53.0 Å². The first-order valence-electron chi connectivity index (χ1n) is 9.94. The van der Waals surface area contributed by atoms with E-state index in [-0.39, 0.29) is 6.04 Å². The monoisotopic (exact) mass is 366 g/mol. The predicted molar refractivity (Wildman–Crippen MR) is 113 cm³/mol. The lowest BCUT2D eigenvalue weighted by atomic mass is 9.89. The number of fused-ring (bicyclic) bond motifs is 4. The molecule has 0 bridgehead atoms. The van der Waals surface area contributed by atoms with Crippen molar-refractivity contribution in [2.45, 2.75) is 38.6 Å². The number of benzene rings is 2. The Morgan fingerprint density at radius 2 is 1.71 bits per heavy atom. The number of nitriles is 1. The number of imidazole rings is 1. The molecule has 4 aromatic rings. The van der Waals surface area contributed by atoms with Crippen LogP contribution in [0.5, 0.6) is 0 Å². The number of pyridine rings is 1. The molecule has 138 valence electrons. The van der Waals surface area contributed by atoms with Crippen molar-refractivity contribution in [1.29, 1.82) is 5.26 Å². The van der Waals surface area contributed by atoms with Crippen molar-refractivity contribution in [3.8, 4) is 6.07 Å². The number of nitrogens with one attached hydrogen (secondary N) is 1. The summed E-state index contributed by atoms with van der Waals surface area (Å²) in [5, 5.41) is 13.7. The Balaban J connectivity index is 1.80. The van der Waals surface area contributed by atoms with Gasteiger partial charge in [-0.25, -0.2) is 4.98 Å². The lowest BCUT2D eigenvalue weighted by molar-refractivity contribution is 0.679. The molecular formula is C24H22N4. The summed E-state index contributed by atoms with van der Waals surface area (Å²) >= 11 is 0. The molecular weight excluding hydrogens is 344 g/mol. The van der Waals surface area contributed by atoms with Gasteiger partial charge in [-0.2, -0.15) is 5.26 Å². The molecule has 2 aromatic heterocycles. The minimum atomic E-state index is 0.157. The van der Waals surface area contributed by atoms with Crippen LogP contribution in [0.4, 0.5) is 5.82 Å². The van der Waals surface area contributed by atoms with Gasteiger partial charge in [0.2, 0.25) is 0 Å². The molecule has 4 nitrogen and oxygen atoms in total. The van der Waals surface area contributed by atoms with Gasteiger partial charge in [-0.3, -0.25) is 4.40 Å². The number of rotatable bonds is 3. The van der Waals surface area contributed by atoms with Crippen molar-refractivity contribution in [2.24, 2.45) is 0 Å². The third-order valence-electron chi connectivity index (χ3n) is 5.83. The maximum Gasteiger partial charge on any atom is 0.157 e. The number of aromatic nitrogens is 2. The Labute approximate surface area is 164 Å². The van der Waals surface area contributed by atoms with E-state index < -0.39 is 0 Å². The fraction of sp³-hybridized carbons (Fsp3) is 0.250. The van der Waals surface area contributed by atoms with Gasteiger partial charge >= 0.3 is 0 Å². The zero-order chi connectivity index (χ0) is 19.1. The van der Waals surface area contributed by atoms with Crippen molar-refractivity contribution >= 4 is 22.5 Å². The zero-order valence-electron chi connectivity index (χ0n) is 15.9. The molecule has 5 rings (SSSR count). The molecule has 1 N–H and O–H groups in total. The van der Waals surface area contributed by atoms with Crippen molar-refractivity contribution in [3.05, 3.63) is 76.9 Å². The lowest BCUT2D eigenvalue weighted by Gasteiger charge is -2.26. The Morgan fingerprint density at radius 3 is 2.50 bits per heavy atom. The van der Waals surface area contributed by atoms with Crippen LogP contribution >= 0.6 is 0 Å². The fourth-order valence-corrected chi connectivity index (χ4v) is 4.43. The normalized spacial score (nSPS) is 14.6. The summed E-state index contributed by atoms with van der Waals surface area (Å²) in [6.45, 7) is 2.19. The van der Waals surface area contributed by atoms with Gasteiger partial charge in [-0.05, 0) is 61.4 Å². The maximum atomic E-state index is 9.94. The number of anilines is 1. The Morgan fingerprint density at radius 1 is 1.00 bits per heavy atom. The second-order valence-electron chi connectivity index (χ2n) is 7.54. The molecule has 0 saturated carbocycles. The van der Waals surface area contributed by atoms with Gasteiger partial charge in [-0.15, -0.1) is 0 Å². The Bertz CT molecular complexity index is 1210. The minimum Gasteiger partial charge on any atom is -0.364 e. The van der Waals surface area contributed by atoms with Gasteiger partial charge in [0.05, 0.1) is 16.6 Å². The molecule has 0 amide bonds. The third-order valence-corrected chi connectivity index (χ3v) is 5.83. The van der Waals surface area contributed by atoms with Crippen molar-refractivity contribution in [1.82, 2.24) is 9.38 Å². The topological polar surface area (TPSA) is 53.1 Å². The van der Waals surface area contributed by atoms with Crippen LogP contribution in [-0.4, -0.2) is 9.38 Å². The SMILES string of the molecule is C[C@@H](Nc1c2c(c(C#N)c3nc4ccccc4n13)CCCC2)c1ccccc1. The van der Waals surface area contributed by atoms with E-state index in [1.54, 1.807) is 0 Å². The minimum absolute atomic E-state index is 0.157. The first-order chi connectivity index (χ1) is 13.8. The summed E-state index contributed by atoms with van der Waals surface area (Å²) in [7, 11) is 0. The quantitative estimate of drug-likeness (QED) is 0.527. The summed E-state index contributed by atoms with van der Waals surface area (Å²) in [5.41, 5.74) is 7.19. The van der Waals surface area contributed by atoms with Gasteiger partial charge in [0.1, 0.15) is 11.9 Å². The fourth-order valence-electron chi connectivity index (χ4n) is 4.43. The van der Waals surface area contributed by atoms with Gasteiger partial charge in [-0.1, -0.05) is 42.5 Å². The van der Waals surface area contributed by atoms with Crippen LogP contribution in [0.3, 0.4) is 0 Å². The zero-order valence-corrected chi connectivity index (χ0v) is 15.9. The van der Waals surface area contributed by atoms with E-state index in [9.17, 15) is 5.26 Å². The van der Waals surface area contributed by atoms with Crippen LogP contribution < -0.4 is 5.32 Å². The number of hydrogen-bond donors (Lipinski definition) is 1. The molecule has 1 aliphatic carbocycles. The highest BCUT2D eigenvalue weighted by Crippen LogP contribution is 2.36. The predicted octanol–water partition coefficient (Wildman–Crippen LogP) is 5.41. The summed E-state index contributed by atoms with van der Waals surface area (Å²) in [4.78, 5) is 4.84. The summed E-state index contributed by atoms with van der Waals surface area (Å²) < 4.78 is 2.16. The number of para-hydroxylation sites is 2. The largest absolute Gasteiger partial charge is 0.364 e. The second kappa shape index (κ2) is 6.69. The Kier molecular flexibility index (Phi) is 4.02. The molecule has 2 heterocycles. The van der Waals surface area contributed by atoms with E-state index in [4.69, 9.17) is 4.98 Å². The first kappa shape index (κ1) is 16.8. The van der Waals surface area contributed by atoms with Crippen LogP contribution in [0.15, 0.2) is 54.6 Å². The third kappa shape index (κ3) is 2.55. The number of hydrogen-bond acceptors (Lipinski definition) is 3. The van der Waals surface area contributed by atoms with Gasteiger partial charge < -0.3 is 5.32 Å². The molecule has 0 spiro atoms. The van der Waals surface area contributed by atoms with Crippen LogP contribution in [0.2, 0.25) is 0 Å². The maximum absolute atomic E-state index is 9.94. The van der Waals surface area contributed by atoms with Crippen molar-refractivity contribution in [3.63, 3.8) is 0 Å². The summed E-state index contributed by atoms with van der Waals surface area (Å²) in [6.07, 6.45) is 4.23. The van der Waals surface area contributed by atoms with Crippen molar-refractivity contribution < 1.29 is 0 Å². The highest BCUT2D eigenvalue weighted by atomic mass is 15.1. The van der Waals surface area contributed by atoms with Gasteiger partial charge in [0, 0.05) is 6.04 Å². The molecule has 1 aliphatic rings. The van der Waals surface area contributed by atoms with Crippen LogP contribution in [0.25, 0.3) is 16.7 Å². The first-order valence-corrected chi connectivity index (χ1v) is 9.94. The second-order valence-corrected chi connectivity index (χ2v) is 7.54. The average molecular weight is 366 g/mol.